The van der Waals surface area contributed by atoms with Gasteiger partial charge in [0.05, 0.1) is 5.69 Å². The van der Waals surface area contributed by atoms with Crippen molar-refractivity contribution in [3.05, 3.63) is 70.7 Å². The van der Waals surface area contributed by atoms with Crippen molar-refractivity contribution >= 4 is 0 Å². The predicted molar refractivity (Wildman–Crippen MR) is 74.9 cm³/mol. The summed E-state index contributed by atoms with van der Waals surface area (Å²) in [6.07, 6.45) is 0. The summed E-state index contributed by atoms with van der Waals surface area (Å²) >= 11 is 0. The fraction of sp³-hybridized carbons (Fsp3) is 0.0625. The Balaban J connectivity index is 2.17. The Kier molecular flexibility index (Phi) is 2.80. The summed E-state index contributed by atoms with van der Waals surface area (Å²) in [7, 11) is 0. The number of aromatic nitrogens is 1. The second-order valence-electron chi connectivity index (χ2n) is 4.45. The second-order valence-corrected chi connectivity index (χ2v) is 4.45. The van der Waals surface area contributed by atoms with Gasteiger partial charge in [0, 0.05) is 11.1 Å². The Bertz CT molecular complexity index is 736. The Morgan fingerprint density at radius 2 is 1.58 bits per heavy atom. The van der Waals surface area contributed by atoms with Crippen molar-refractivity contribution in [2.45, 2.75) is 6.92 Å². The predicted octanol–water partition coefficient (Wildman–Crippen LogP) is 3.61. The standard InChI is InChI=1S/C16H13NO2/c1-11-7-9-12(10-8-11)14-15(19-16(18)17-14)13-5-3-2-4-6-13/h2-10H,1H3,(H,17,18). The van der Waals surface area contributed by atoms with Crippen LogP contribution in [0, 0.1) is 6.92 Å². The van der Waals surface area contributed by atoms with Gasteiger partial charge in [0.25, 0.3) is 0 Å². The first kappa shape index (κ1) is 11.5. The van der Waals surface area contributed by atoms with E-state index in [-0.39, 0.29) is 0 Å². The lowest BCUT2D eigenvalue weighted by Gasteiger charge is -2.02. The summed E-state index contributed by atoms with van der Waals surface area (Å²) in [5, 5.41) is 0. The minimum atomic E-state index is -0.436. The summed E-state index contributed by atoms with van der Waals surface area (Å²) in [6.45, 7) is 2.03. The molecule has 3 rings (SSSR count). The van der Waals surface area contributed by atoms with Crippen LogP contribution in [-0.2, 0) is 0 Å². The van der Waals surface area contributed by atoms with E-state index in [0.717, 1.165) is 16.8 Å². The second kappa shape index (κ2) is 4.61. The summed E-state index contributed by atoms with van der Waals surface area (Å²) in [4.78, 5) is 14.3. The van der Waals surface area contributed by atoms with Crippen LogP contribution in [0.5, 0.6) is 0 Å². The number of rotatable bonds is 2. The number of hydrogen-bond donors (Lipinski definition) is 1. The molecule has 3 heteroatoms. The van der Waals surface area contributed by atoms with Gasteiger partial charge in [0.1, 0.15) is 0 Å². The molecule has 0 fully saturated rings. The maximum absolute atomic E-state index is 11.5. The highest BCUT2D eigenvalue weighted by atomic mass is 16.4. The lowest BCUT2D eigenvalue weighted by molar-refractivity contribution is 0.528. The molecule has 3 nitrogen and oxygen atoms in total. The Morgan fingerprint density at radius 3 is 2.26 bits per heavy atom. The van der Waals surface area contributed by atoms with E-state index in [1.165, 1.54) is 5.56 Å². The van der Waals surface area contributed by atoms with E-state index in [4.69, 9.17) is 4.42 Å². The molecule has 1 heterocycles. The molecule has 0 bridgehead atoms. The highest BCUT2D eigenvalue weighted by Crippen LogP contribution is 2.29. The summed E-state index contributed by atoms with van der Waals surface area (Å²) in [6, 6.07) is 17.6. The van der Waals surface area contributed by atoms with Gasteiger partial charge in [-0.05, 0) is 6.92 Å². The van der Waals surface area contributed by atoms with Crippen molar-refractivity contribution < 1.29 is 4.42 Å². The fourth-order valence-electron chi connectivity index (χ4n) is 2.04. The van der Waals surface area contributed by atoms with E-state index in [9.17, 15) is 4.79 Å². The first-order valence-corrected chi connectivity index (χ1v) is 6.09. The summed E-state index contributed by atoms with van der Waals surface area (Å²) in [5.74, 6) is 0.142. The maximum atomic E-state index is 11.5. The summed E-state index contributed by atoms with van der Waals surface area (Å²) < 4.78 is 5.27. The van der Waals surface area contributed by atoms with Gasteiger partial charge in [0.15, 0.2) is 5.76 Å². The maximum Gasteiger partial charge on any atom is 0.417 e. The smallest absolute Gasteiger partial charge is 0.407 e. The number of hydrogen-bond acceptors (Lipinski definition) is 2. The highest BCUT2D eigenvalue weighted by molar-refractivity contribution is 5.76. The van der Waals surface area contributed by atoms with E-state index >= 15 is 0 Å². The van der Waals surface area contributed by atoms with Crippen LogP contribution in [0.4, 0.5) is 0 Å². The van der Waals surface area contributed by atoms with Gasteiger partial charge in [-0.1, -0.05) is 60.2 Å². The minimum absolute atomic E-state index is 0.436. The largest absolute Gasteiger partial charge is 0.417 e. The number of benzene rings is 2. The number of H-pyrrole nitrogens is 1. The van der Waals surface area contributed by atoms with Crippen LogP contribution in [0.1, 0.15) is 5.56 Å². The topological polar surface area (TPSA) is 46.0 Å². The molecule has 0 saturated heterocycles. The molecule has 19 heavy (non-hydrogen) atoms. The summed E-state index contributed by atoms with van der Waals surface area (Å²) in [5.41, 5.74) is 3.72. The van der Waals surface area contributed by atoms with Crippen LogP contribution in [-0.4, -0.2) is 4.98 Å². The SMILES string of the molecule is Cc1ccc(-c2[nH]c(=O)oc2-c2ccccc2)cc1. The molecule has 0 atom stereocenters. The molecule has 0 amide bonds. The lowest BCUT2D eigenvalue weighted by Crippen LogP contribution is -1.94. The Morgan fingerprint density at radius 1 is 0.895 bits per heavy atom. The molecule has 1 N–H and O–H groups in total. The molecule has 3 aromatic rings. The van der Waals surface area contributed by atoms with Crippen LogP contribution >= 0.6 is 0 Å². The minimum Gasteiger partial charge on any atom is -0.407 e. The van der Waals surface area contributed by atoms with E-state index < -0.39 is 5.76 Å². The zero-order valence-corrected chi connectivity index (χ0v) is 10.5. The average Bonchev–Trinajstić information content (AvgIpc) is 2.83. The zero-order valence-electron chi connectivity index (χ0n) is 10.5. The molecular formula is C16H13NO2. The Labute approximate surface area is 110 Å². The van der Waals surface area contributed by atoms with Crippen LogP contribution in [0.15, 0.2) is 63.8 Å². The molecule has 0 aliphatic rings. The molecule has 0 saturated carbocycles. The molecule has 1 aromatic heterocycles. The van der Waals surface area contributed by atoms with Crippen LogP contribution in [0.25, 0.3) is 22.6 Å². The van der Waals surface area contributed by atoms with Gasteiger partial charge in [-0.3, -0.25) is 4.98 Å². The van der Waals surface area contributed by atoms with Crippen molar-refractivity contribution in [2.24, 2.45) is 0 Å². The lowest BCUT2D eigenvalue weighted by atomic mass is 10.0. The zero-order chi connectivity index (χ0) is 13.2. The van der Waals surface area contributed by atoms with E-state index in [2.05, 4.69) is 4.98 Å². The van der Waals surface area contributed by atoms with Crippen molar-refractivity contribution in [3.8, 4) is 22.6 Å². The van der Waals surface area contributed by atoms with Gasteiger partial charge in [0.2, 0.25) is 0 Å². The average molecular weight is 251 g/mol. The van der Waals surface area contributed by atoms with Gasteiger partial charge >= 0.3 is 5.76 Å². The molecule has 2 aromatic carbocycles. The number of aryl methyl sites for hydroxylation is 1. The van der Waals surface area contributed by atoms with Gasteiger partial charge in [-0.25, -0.2) is 4.79 Å². The van der Waals surface area contributed by atoms with Crippen LogP contribution < -0.4 is 5.76 Å². The third kappa shape index (κ3) is 2.22. The van der Waals surface area contributed by atoms with E-state index in [1.807, 2.05) is 61.5 Å². The number of nitrogens with one attached hydrogen (secondary N) is 1. The van der Waals surface area contributed by atoms with E-state index in [0.29, 0.717) is 5.76 Å². The number of aromatic amines is 1. The molecule has 0 unspecified atom stereocenters. The first-order valence-electron chi connectivity index (χ1n) is 6.09. The highest BCUT2D eigenvalue weighted by Gasteiger charge is 2.13. The van der Waals surface area contributed by atoms with Crippen LogP contribution in [0.3, 0.4) is 0 Å². The first-order chi connectivity index (χ1) is 9.24. The fourth-order valence-corrected chi connectivity index (χ4v) is 2.04. The quantitative estimate of drug-likeness (QED) is 0.756. The molecular weight excluding hydrogens is 238 g/mol. The van der Waals surface area contributed by atoms with Crippen molar-refractivity contribution in [1.29, 1.82) is 0 Å². The van der Waals surface area contributed by atoms with Crippen molar-refractivity contribution in [3.63, 3.8) is 0 Å². The molecule has 94 valence electrons. The molecule has 0 spiro atoms. The van der Waals surface area contributed by atoms with Gasteiger partial charge < -0.3 is 4.42 Å². The third-order valence-electron chi connectivity index (χ3n) is 3.03. The van der Waals surface area contributed by atoms with E-state index in [1.54, 1.807) is 0 Å². The van der Waals surface area contributed by atoms with Crippen molar-refractivity contribution in [2.75, 3.05) is 0 Å². The Hall–Kier alpha value is -2.55. The molecule has 0 aliphatic carbocycles. The normalized spacial score (nSPS) is 10.6. The van der Waals surface area contributed by atoms with Crippen LogP contribution in [0.2, 0.25) is 0 Å². The molecule has 0 radical (unpaired) electrons. The third-order valence-corrected chi connectivity index (χ3v) is 3.03. The monoisotopic (exact) mass is 251 g/mol. The number of oxazole rings is 1. The molecule has 0 aliphatic heterocycles. The van der Waals surface area contributed by atoms with Gasteiger partial charge in [-0.2, -0.15) is 0 Å². The van der Waals surface area contributed by atoms with Crippen molar-refractivity contribution in [1.82, 2.24) is 4.98 Å². The van der Waals surface area contributed by atoms with Gasteiger partial charge in [-0.15, -0.1) is 0 Å².